The number of carbonyl (C=O) groups excluding carboxylic acids is 2. The molecular weight excluding hydrogens is 246 g/mol. The third-order valence-electron chi connectivity index (χ3n) is 3.46. The van der Waals surface area contributed by atoms with Crippen LogP contribution in [0.25, 0.3) is 0 Å². The highest BCUT2D eigenvalue weighted by atomic mass is 16.7. The summed E-state index contributed by atoms with van der Waals surface area (Å²) in [7, 11) is 0. The van der Waals surface area contributed by atoms with Crippen LogP contribution >= 0.6 is 0 Å². The lowest BCUT2D eigenvalue weighted by molar-refractivity contribution is -0.251. The zero-order valence-corrected chi connectivity index (χ0v) is 12.8. The molecule has 0 saturated carbocycles. The molecule has 1 aliphatic rings. The second-order valence-corrected chi connectivity index (χ2v) is 6.48. The fourth-order valence-electron chi connectivity index (χ4n) is 2.89. The molecule has 1 fully saturated rings. The molecule has 1 saturated heterocycles. The van der Waals surface area contributed by atoms with Gasteiger partial charge in [0.2, 0.25) is 0 Å². The first-order valence-electron chi connectivity index (χ1n) is 6.71. The summed E-state index contributed by atoms with van der Waals surface area (Å²) >= 11 is 0. The Morgan fingerprint density at radius 3 is 2.11 bits per heavy atom. The summed E-state index contributed by atoms with van der Waals surface area (Å²) < 4.78 is 5.35. The second-order valence-electron chi connectivity index (χ2n) is 6.48. The summed E-state index contributed by atoms with van der Waals surface area (Å²) in [5.41, 5.74) is -0.671. The summed E-state index contributed by atoms with van der Waals surface area (Å²) in [6.45, 7) is 10.9. The van der Waals surface area contributed by atoms with Gasteiger partial charge in [-0.05, 0) is 40.5 Å². The minimum absolute atomic E-state index is 0.132. The molecule has 0 radical (unpaired) electrons. The molecule has 5 nitrogen and oxygen atoms in total. The van der Waals surface area contributed by atoms with Gasteiger partial charge >= 0.3 is 11.9 Å². The van der Waals surface area contributed by atoms with Crippen LogP contribution in [0, 0.1) is 0 Å². The normalized spacial score (nSPS) is 26.3. The Morgan fingerprint density at radius 2 is 1.63 bits per heavy atom. The van der Waals surface area contributed by atoms with E-state index in [0.29, 0.717) is 6.42 Å². The van der Waals surface area contributed by atoms with Crippen LogP contribution in [0.1, 0.15) is 60.8 Å². The SMILES string of the molecule is CC(=O)OC1CCC(C)(C)N(OC(C)=O)C(C)(C)C1. The lowest BCUT2D eigenvalue weighted by atomic mass is 9.95. The van der Waals surface area contributed by atoms with Gasteiger partial charge in [0.1, 0.15) is 6.10 Å². The van der Waals surface area contributed by atoms with Crippen LogP contribution in [-0.2, 0) is 19.2 Å². The van der Waals surface area contributed by atoms with Crippen LogP contribution in [0.4, 0.5) is 0 Å². The molecular formula is C14H25NO4. The third-order valence-corrected chi connectivity index (χ3v) is 3.46. The van der Waals surface area contributed by atoms with Crippen molar-refractivity contribution in [2.45, 2.75) is 78.0 Å². The number of hydrogen-bond donors (Lipinski definition) is 0. The third kappa shape index (κ3) is 4.20. The van der Waals surface area contributed by atoms with E-state index in [-0.39, 0.29) is 29.1 Å². The fraction of sp³-hybridized carbons (Fsp3) is 0.857. The van der Waals surface area contributed by atoms with Crippen molar-refractivity contribution >= 4 is 11.9 Å². The highest BCUT2D eigenvalue weighted by Crippen LogP contribution is 2.38. The zero-order chi connectivity index (χ0) is 14.8. The number of hydrogen-bond acceptors (Lipinski definition) is 5. The largest absolute Gasteiger partial charge is 0.462 e. The molecule has 19 heavy (non-hydrogen) atoms. The van der Waals surface area contributed by atoms with E-state index < -0.39 is 0 Å². The van der Waals surface area contributed by atoms with Gasteiger partial charge < -0.3 is 9.57 Å². The molecule has 0 spiro atoms. The van der Waals surface area contributed by atoms with Gasteiger partial charge in [-0.15, -0.1) is 5.06 Å². The standard InChI is InChI=1S/C14H25NO4/c1-10(16)18-12-7-8-13(3,4)15(19-11(2)17)14(5,6)9-12/h12H,7-9H2,1-6H3. The summed E-state index contributed by atoms with van der Waals surface area (Å²) in [6, 6.07) is 0. The van der Waals surface area contributed by atoms with Crippen molar-refractivity contribution in [1.29, 1.82) is 0 Å². The van der Waals surface area contributed by atoms with E-state index in [1.165, 1.54) is 13.8 Å². The first kappa shape index (κ1) is 16.0. The van der Waals surface area contributed by atoms with E-state index in [2.05, 4.69) is 0 Å². The number of esters is 1. The van der Waals surface area contributed by atoms with Crippen LogP contribution < -0.4 is 0 Å². The Bertz CT molecular complexity index is 362. The molecule has 1 rings (SSSR count). The number of rotatable bonds is 2. The summed E-state index contributed by atoms with van der Waals surface area (Å²) in [6.07, 6.45) is 2.07. The molecule has 0 aromatic rings. The van der Waals surface area contributed by atoms with Gasteiger partial charge in [0, 0.05) is 20.3 Å². The Labute approximate surface area is 115 Å². The number of carbonyl (C=O) groups is 2. The quantitative estimate of drug-likeness (QED) is 0.722. The van der Waals surface area contributed by atoms with Crippen molar-refractivity contribution in [3.63, 3.8) is 0 Å². The Balaban J connectivity index is 2.96. The van der Waals surface area contributed by atoms with Gasteiger partial charge in [-0.1, -0.05) is 0 Å². The molecule has 1 heterocycles. The van der Waals surface area contributed by atoms with Crippen LogP contribution in [0.2, 0.25) is 0 Å². The summed E-state index contributed by atoms with van der Waals surface area (Å²) in [5, 5.41) is 1.76. The molecule has 1 atom stereocenters. The summed E-state index contributed by atoms with van der Waals surface area (Å²) in [5.74, 6) is -0.591. The monoisotopic (exact) mass is 271 g/mol. The van der Waals surface area contributed by atoms with Gasteiger partial charge in [-0.3, -0.25) is 9.59 Å². The van der Waals surface area contributed by atoms with Crippen LogP contribution in [0.5, 0.6) is 0 Å². The Morgan fingerprint density at radius 1 is 1.05 bits per heavy atom. The predicted octanol–water partition coefficient (Wildman–Crippen LogP) is 2.44. The van der Waals surface area contributed by atoms with E-state index in [4.69, 9.17) is 9.57 Å². The Hall–Kier alpha value is -1.10. The van der Waals surface area contributed by atoms with Gasteiger partial charge in [-0.25, -0.2) is 0 Å². The molecule has 0 aliphatic carbocycles. The highest BCUT2D eigenvalue weighted by Gasteiger charge is 2.45. The number of nitrogens with zero attached hydrogens (tertiary/aromatic N) is 1. The van der Waals surface area contributed by atoms with Crippen LogP contribution in [0.15, 0.2) is 0 Å². The van der Waals surface area contributed by atoms with Gasteiger partial charge in [0.25, 0.3) is 0 Å². The van der Waals surface area contributed by atoms with Crippen LogP contribution in [0.3, 0.4) is 0 Å². The van der Waals surface area contributed by atoms with E-state index in [1.54, 1.807) is 5.06 Å². The molecule has 1 unspecified atom stereocenters. The smallest absolute Gasteiger partial charge is 0.322 e. The van der Waals surface area contributed by atoms with Crippen molar-refractivity contribution in [3.05, 3.63) is 0 Å². The van der Waals surface area contributed by atoms with E-state index in [1.807, 2.05) is 27.7 Å². The minimum Gasteiger partial charge on any atom is -0.462 e. The van der Waals surface area contributed by atoms with Crippen molar-refractivity contribution in [1.82, 2.24) is 5.06 Å². The number of hydroxylamine groups is 2. The molecule has 5 heteroatoms. The van der Waals surface area contributed by atoms with Gasteiger partial charge in [0.05, 0.1) is 11.1 Å². The van der Waals surface area contributed by atoms with E-state index >= 15 is 0 Å². The van der Waals surface area contributed by atoms with E-state index in [9.17, 15) is 9.59 Å². The van der Waals surface area contributed by atoms with Gasteiger partial charge in [0.15, 0.2) is 0 Å². The maximum Gasteiger partial charge on any atom is 0.322 e. The molecule has 0 aromatic carbocycles. The lowest BCUT2D eigenvalue weighted by Crippen LogP contribution is -2.55. The minimum atomic E-state index is -0.383. The maximum atomic E-state index is 11.3. The number of ether oxygens (including phenoxy) is 1. The molecule has 0 aromatic heterocycles. The molecule has 1 aliphatic heterocycles. The molecule has 0 bridgehead atoms. The topological polar surface area (TPSA) is 55.8 Å². The maximum absolute atomic E-state index is 11.3. The predicted molar refractivity (Wildman–Crippen MR) is 71.2 cm³/mol. The average molecular weight is 271 g/mol. The molecule has 0 N–H and O–H groups in total. The van der Waals surface area contributed by atoms with Crippen molar-refractivity contribution in [3.8, 4) is 0 Å². The second kappa shape index (κ2) is 5.49. The summed E-state index contributed by atoms with van der Waals surface area (Å²) in [4.78, 5) is 27.9. The van der Waals surface area contributed by atoms with Gasteiger partial charge in [-0.2, -0.15) is 0 Å². The average Bonchev–Trinajstić information content (AvgIpc) is 2.27. The molecule has 0 amide bonds. The van der Waals surface area contributed by atoms with Crippen molar-refractivity contribution in [2.75, 3.05) is 0 Å². The first-order chi connectivity index (χ1) is 8.54. The zero-order valence-electron chi connectivity index (χ0n) is 12.8. The van der Waals surface area contributed by atoms with E-state index in [0.717, 1.165) is 12.8 Å². The fourth-order valence-corrected chi connectivity index (χ4v) is 2.89. The Kier molecular flexibility index (Phi) is 4.61. The van der Waals surface area contributed by atoms with Crippen molar-refractivity contribution in [2.24, 2.45) is 0 Å². The molecule has 110 valence electrons. The lowest BCUT2D eigenvalue weighted by Gasteiger charge is -2.44. The first-order valence-corrected chi connectivity index (χ1v) is 6.71. The van der Waals surface area contributed by atoms with Crippen LogP contribution in [-0.4, -0.2) is 34.2 Å². The van der Waals surface area contributed by atoms with Crippen molar-refractivity contribution < 1.29 is 19.2 Å². The highest BCUT2D eigenvalue weighted by molar-refractivity contribution is 5.66.